The van der Waals surface area contributed by atoms with Gasteiger partial charge < -0.3 is 14.7 Å². The Bertz CT molecular complexity index is 716. The maximum atomic E-state index is 13.4. The Morgan fingerprint density at radius 1 is 1.00 bits per heavy atom. The van der Waals surface area contributed by atoms with Crippen molar-refractivity contribution in [3.05, 3.63) is 59.7 Å². The van der Waals surface area contributed by atoms with Gasteiger partial charge in [-0.15, -0.1) is 0 Å². The number of halogens is 2. The molecule has 140 valence electrons. The first-order valence-corrected chi connectivity index (χ1v) is 8.81. The summed E-state index contributed by atoms with van der Waals surface area (Å²) in [7, 11) is 0. The van der Waals surface area contributed by atoms with E-state index in [1.165, 1.54) is 6.07 Å². The largest absolute Gasteiger partial charge is 0.491 e. The van der Waals surface area contributed by atoms with Crippen LogP contribution >= 0.6 is 0 Å². The van der Waals surface area contributed by atoms with Crippen molar-refractivity contribution in [3.8, 4) is 5.75 Å². The van der Waals surface area contributed by atoms with Crippen LogP contribution in [-0.4, -0.2) is 55.4 Å². The molecule has 2 aromatic rings. The van der Waals surface area contributed by atoms with Crippen LogP contribution in [0.5, 0.6) is 5.75 Å². The molecule has 0 radical (unpaired) electrons. The van der Waals surface area contributed by atoms with Gasteiger partial charge in [0, 0.05) is 44.5 Å². The number of β-amino-alcohol motifs (C(OH)–C–C–N with tert-alkyl or cyclic N) is 1. The number of rotatable bonds is 6. The fourth-order valence-electron chi connectivity index (χ4n) is 3.05. The second-order valence-corrected chi connectivity index (χ2v) is 6.66. The molecule has 1 heterocycles. The highest BCUT2D eigenvalue weighted by Crippen LogP contribution is 2.19. The van der Waals surface area contributed by atoms with E-state index in [1.54, 1.807) is 6.07 Å². The molecule has 2 aromatic carbocycles. The highest BCUT2D eigenvalue weighted by Gasteiger charge is 2.20. The van der Waals surface area contributed by atoms with Gasteiger partial charge in [0.25, 0.3) is 0 Å². The molecule has 26 heavy (non-hydrogen) atoms. The molecule has 0 spiro atoms. The van der Waals surface area contributed by atoms with Crippen molar-refractivity contribution in [2.45, 2.75) is 13.0 Å². The fraction of sp³-hybridized carbons (Fsp3) is 0.400. The molecule has 1 atom stereocenters. The Morgan fingerprint density at radius 3 is 2.35 bits per heavy atom. The number of nitrogens with zero attached hydrogens (tertiary/aromatic N) is 2. The van der Waals surface area contributed by atoms with Crippen LogP contribution in [0.4, 0.5) is 14.5 Å². The summed E-state index contributed by atoms with van der Waals surface area (Å²) in [6.45, 7) is 5.69. The van der Waals surface area contributed by atoms with E-state index in [0.29, 0.717) is 25.3 Å². The van der Waals surface area contributed by atoms with Crippen molar-refractivity contribution in [2.24, 2.45) is 0 Å². The summed E-state index contributed by atoms with van der Waals surface area (Å²) >= 11 is 0. The van der Waals surface area contributed by atoms with Gasteiger partial charge in [0.1, 0.15) is 18.5 Å². The van der Waals surface area contributed by atoms with E-state index in [2.05, 4.69) is 4.90 Å². The van der Waals surface area contributed by atoms with Gasteiger partial charge in [-0.25, -0.2) is 8.78 Å². The molecule has 0 aromatic heterocycles. The predicted octanol–water partition coefficient (Wildman–Crippen LogP) is 2.84. The minimum atomic E-state index is -0.830. The van der Waals surface area contributed by atoms with Gasteiger partial charge in [-0.2, -0.15) is 0 Å². The summed E-state index contributed by atoms with van der Waals surface area (Å²) in [5.41, 5.74) is 1.85. The van der Waals surface area contributed by atoms with Crippen LogP contribution in [0.2, 0.25) is 0 Å². The third kappa shape index (κ3) is 4.93. The van der Waals surface area contributed by atoms with Gasteiger partial charge in [0.15, 0.2) is 11.6 Å². The van der Waals surface area contributed by atoms with Crippen molar-refractivity contribution in [1.82, 2.24) is 4.90 Å². The third-order valence-corrected chi connectivity index (χ3v) is 4.57. The normalized spacial score (nSPS) is 16.5. The monoisotopic (exact) mass is 362 g/mol. The quantitative estimate of drug-likeness (QED) is 0.857. The van der Waals surface area contributed by atoms with Gasteiger partial charge in [-0.1, -0.05) is 17.7 Å². The Hall–Kier alpha value is -2.18. The minimum absolute atomic E-state index is 0.243. The molecule has 1 saturated heterocycles. The number of aryl methyl sites for hydroxylation is 1. The molecule has 0 bridgehead atoms. The second-order valence-electron chi connectivity index (χ2n) is 6.66. The molecule has 1 aliphatic heterocycles. The van der Waals surface area contributed by atoms with Gasteiger partial charge in [-0.3, -0.25) is 4.90 Å². The average molecular weight is 362 g/mol. The molecule has 4 nitrogen and oxygen atoms in total. The van der Waals surface area contributed by atoms with E-state index in [1.807, 2.05) is 36.1 Å². The summed E-state index contributed by atoms with van der Waals surface area (Å²) in [6.07, 6.45) is -0.578. The fourth-order valence-corrected chi connectivity index (χ4v) is 3.05. The lowest BCUT2D eigenvalue weighted by Gasteiger charge is -2.36. The molecule has 1 aliphatic rings. The molecule has 0 amide bonds. The predicted molar refractivity (Wildman–Crippen MR) is 97.7 cm³/mol. The number of aliphatic hydroxyl groups excluding tert-OH is 1. The molecule has 6 heteroatoms. The molecule has 0 aliphatic carbocycles. The lowest BCUT2D eigenvalue weighted by atomic mass is 10.2. The van der Waals surface area contributed by atoms with Crippen LogP contribution in [0.25, 0.3) is 0 Å². The van der Waals surface area contributed by atoms with Gasteiger partial charge in [0.05, 0.1) is 0 Å². The smallest absolute Gasteiger partial charge is 0.160 e. The van der Waals surface area contributed by atoms with Crippen molar-refractivity contribution in [1.29, 1.82) is 0 Å². The van der Waals surface area contributed by atoms with E-state index >= 15 is 0 Å². The van der Waals surface area contributed by atoms with Crippen molar-refractivity contribution >= 4 is 5.69 Å². The van der Waals surface area contributed by atoms with Crippen LogP contribution < -0.4 is 9.64 Å². The summed E-state index contributed by atoms with van der Waals surface area (Å²) in [5, 5.41) is 10.2. The molecule has 1 unspecified atom stereocenters. The summed E-state index contributed by atoms with van der Waals surface area (Å²) in [6, 6.07) is 11.7. The van der Waals surface area contributed by atoms with Crippen LogP contribution in [0.15, 0.2) is 42.5 Å². The zero-order valence-corrected chi connectivity index (χ0v) is 14.9. The Labute approximate surface area is 152 Å². The second kappa shape index (κ2) is 8.47. The molecule has 1 fully saturated rings. The number of hydrogen-bond acceptors (Lipinski definition) is 4. The van der Waals surface area contributed by atoms with E-state index in [0.717, 1.165) is 30.5 Å². The van der Waals surface area contributed by atoms with E-state index in [-0.39, 0.29) is 6.61 Å². The molecular formula is C20H24F2N2O2. The molecule has 1 N–H and O–H groups in total. The zero-order chi connectivity index (χ0) is 18.5. The molecule has 0 saturated carbocycles. The van der Waals surface area contributed by atoms with Crippen LogP contribution in [0.1, 0.15) is 5.56 Å². The first-order chi connectivity index (χ1) is 12.5. The first kappa shape index (κ1) is 18.6. The lowest BCUT2D eigenvalue weighted by molar-refractivity contribution is 0.0663. The maximum Gasteiger partial charge on any atom is 0.160 e. The highest BCUT2D eigenvalue weighted by molar-refractivity contribution is 5.47. The van der Waals surface area contributed by atoms with Gasteiger partial charge >= 0.3 is 0 Å². The Balaban J connectivity index is 1.43. The summed E-state index contributed by atoms with van der Waals surface area (Å²) < 4.78 is 32.0. The molecule has 3 rings (SSSR count). The van der Waals surface area contributed by atoms with Crippen molar-refractivity contribution in [2.75, 3.05) is 44.2 Å². The average Bonchev–Trinajstić information content (AvgIpc) is 2.64. The van der Waals surface area contributed by atoms with Crippen LogP contribution in [-0.2, 0) is 0 Å². The summed E-state index contributed by atoms with van der Waals surface area (Å²) in [5.74, 6) is -0.907. The number of aliphatic hydroxyl groups is 1. The van der Waals surface area contributed by atoms with Crippen LogP contribution in [0.3, 0.4) is 0 Å². The minimum Gasteiger partial charge on any atom is -0.491 e. The van der Waals surface area contributed by atoms with E-state index in [9.17, 15) is 13.9 Å². The number of benzene rings is 2. The topological polar surface area (TPSA) is 35.9 Å². The summed E-state index contributed by atoms with van der Waals surface area (Å²) in [4.78, 5) is 4.17. The number of ether oxygens (including phenoxy) is 1. The van der Waals surface area contributed by atoms with E-state index < -0.39 is 17.7 Å². The Kier molecular flexibility index (Phi) is 6.06. The number of anilines is 1. The Morgan fingerprint density at radius 2 is 1.69 bits per heavy atom. The van der Waals surface area contributed by atoms with Gasteiger partial charge in [-0.05, 0) is 31.2 Å². The zero-order valence-electron chi connectivity index (χ0n) is 14.9. The lowest BCUT2D eigenvalue weighted by Crippen LogP contribution is -2.49. The van der Waals surface area contributed by atoms with Crippen LogP contribution in [0, 0.1) is 18.6 Å². The molecular weight excluding hydrogens is 338 g/mol. The maximum absolute atomic E-state index is 13.4. The standard InChI is InChI=1S/C20H24F2N2O2/c1-15-2-5-18(6-3-15)26-14-17(25)13-23-8-10-24(11-9-23)16-4-7-19(21)20(22)12-16/h2-7,12,17,25H,8-11,13-14H2,1H3. The number of hydrogen-bond donors (Lipinski definition) is 1. The van der Waals surface area contributed by atoms with Crippen molar-refractivity contribution in [3.63, 3.8) is 0 Å². The highest BCUT2D eigenvalue weighted by atomic mass is 19.2. The van der Waals surface area contributed by atoms with Crippen molar-refractivity contribution < 1.29 is 18.6 Å². The SMILES string of the molecule is Cc1ccc(OCC(O)CN2CCN(c3ccc(F)c(F)c3)CC2)cc1. The van der Waals surface area contributed by atoms with E-state index in [4.69, 9.17) is 4.74 Å². The first-order valence-electron chi connectivity index (χ1n) is 8.81. The van der Waals surface area contributed by atoms with Gasteiger partial charge in [0.2, 0.25) is 0 Å². The third-order valence-electron chi connectivity index (χ3n) is 4.57. The number of piperazine rings is 1.